The minimum absolute atomic E-state index is 0.171. The third-order valence-electron chi connectivity index (χ3n) is 4.66. The molecule has 1 saturated carbocycles. The molecule has 1 amide bonds. The first-order valence-corrected chi connectivity index (χ1v) is 7.79. The summed E-state index contributed by atoms with van der Waals surface area (Å²) in [5.41, 5.74) is 7.12. The zero-order chi connectivity index (χ0) is 14.2. The zero-order valence-electron chi connectivity index (χ0n) is 11.6. The fourth-order valence-electron chi connectivity index (χ4n) is 3.34. The van der Waals surface area contributed by atoms with Crippen molar-refractivity contribution in [2.24, 2.45) is 5.73 Å². The van der Waals surface area contributed by atoms with Crippen LogP contribution in [0.1, 0.15) is 50.1 Å². The highest BCUT2D eigenvalue weighted by Gasteiger charge is 2.38. The summed E-state index contributed by atoms with van der Waals surface area (Å²) in [6, 6.07) is 8.03. The lowest BCUT2D eigenvalue weighted by Crippen LogP contribution is -2.50. The van der Waals surface area contributed by atoms with E-state index in [0.717, 1.165) is 49.2 Å². The van der Waals surface area contributed by atoms with Gasteiger partial charge in [-0.05, 0) is 49.8 Å². The first-order chi connectivity index (χ1) is 9.57. The van der Waals surface area contributed by atoms with Gasteiger partial charge in [-0.2, -0.15) is 0 Å². The van der Waals surface area contributed by atoms with Gasteiger partial charge in [0, 0.05) is 23.5 Å². The maximum Gasteiger partial charge on any atom is 0.224 e. The average Bonchev–Trinajstić information content (AvgIpc) is 2.86. The summed E-state index contributed by atoms with van der Waals surface area (Å²) in [6.07, 6.45) is 5.68. The molecule has 4 heteroatoms. The monoisotopic (exact) mass is 292 g/mol. The predicted molar refractivity (Wildman–Crippen MR) is 80.5 cm³/mol. The van der Waals surface area contributed by atoms with Gasteiger partial charge in [-0.25, -0.2) is 0 Å². The lowest BCUT2D eigenvalue weighted by atomic mass is 9.75. The van der Waals surface area contributed by atoms with Crippen molar-refractivity contribution in [3.8, 4) is 0 Å². The lowest BCUT2D eigenvalue weighted by molar-refractivity contribution is -0.134. The van der Waals surface area contributed by atoms with Crippen molar-refractivity contribution in [3.63, 3.8) is 0 Å². The molecule has 1 aliphatic heterocycles. The first kappa shape index (κ1) is 13.9. The smallest absolute Gasteiger partial charge is 0.224 e. The maximum absolute atomic E-state index is 12.5. The van der Waals surface area contributed by atoms with Crippen molar-refractivity contribution in [2.45, 2.75) is 50.1 Å². The maximum atomic E-state index is 12.5. The van der Waals surface area contributed by atoms with E-state index in [-0.39, 0.29) is 17.5 Å². The standard InChI is InChI=1S/C16H21ClN2O/c17-13-5-1-4-12(10-13)14-6-2-9-19(14)15(20)11-16(18)7-3-8-16/h1,4-5,10,14H,2-3,6-9,11,18H2. The second-order valence-corrected chi connectivity index (χ2v) is 6.63. The van der Waals surface area contributed by atoms with E-state index >= 15 is 0 Å². The minimum Gasteiger partial charge on any atom is -0.336 e. The molecule has 108 valence electrons. The van der Waals surface area contributed by atoms with E-state index in [1.54, 1.807) is 0 Å². The Balaban J connectivity index is 1.73. The van der Waals surface area contributed by atoms with Crippen LogP contribution in [0.15, 0.2) is 24.3 Å². The second kappa shape index (κ2) is 5.38. The van der Waals surface area contributed by atoms with Gasteiger partial charge in [-0.15, -0.1) is 0 Å². The van der Waals surface area contributed by atoms with Crippen molar-refractivity contribution < 1.29 is 4.79 Å². The number of nitrogens with zero attached hydrogens (tertiary/aromatic N) is 1. The quantitative estimate of drug-likeness (QED) is 0.929. The van der Waals surface area contributed by atoms with Crippen molar-refractivity contribution >= 4 is 17.5 Å². The van der Waals surface area contributed by atoms with Gasteiger partial charge in [-0.1, -0.05) is 23.7 Å². The van der Waals surface area contributed by atoms with Crippen LogP contribution in [-0.2, 0) is 4.79 Å². The molecule has 1 aromatic carbocycles. The molecule has 1 atom stereocenters. The molecule has 2 N–H and O–H groups in total. The summed E-state index contributed by atoms with van der Waals surface area (Å²) >= 11 is 6.07. The van der Waals surface area contributed by atoms with Crippen LogP contribution in [0.5, 0.6) is 0 Å². The first-order valence-electron chi connectivity index (χ1n) is 7.41. The topological polar surface area (TPSA) is 46.3 Å². The molecule has 1 heterocycles. The summed E-state index contributed by atoms with van der Waals surface area (Å²) in [5, 5.41) is 0.732. The van der Waals surface area contributed by atoms with Gasteiger partial charge in [0.25, 0.3) is 0 Å². The van der Waals surface area contributed by atoms with Gasteiger partial charge in [0.2, 0.25) is 5.91 Å². The number of rotatable bonds is 3. The number of halogens is 1. The molecular weight excluding hydrogens is 272 g/mol. The van der Waals surface area contributed by atoms with E-state index in [0.29, 0.717) is 6.42 Å². The van der Waals surface area contributed by atoms with Crippen LogP contribution >= 0.6 is 11.6 Å². The Morgan fingerprint density at radius 1 is 1.40 bits per heavy atom. The van der Waals surface area contributed by atoms with E-state index in [2.05, 4.69) is 6.07 Å². The zero-order valence-corrected chi connectivity index (χ0v) is 12.4. The van der Waals surface area contributed by atoms with Gasteiger partial charge in [0.1, 0.15) is 0 Å². The molecule has 3 rings (SSSR count). The second-order valence-electron chi connectivity index (χ2n) is 6.19. The number of amides is 1. The van der Waals surface area contributed by atoms with Crippen molar-refractivity contribution in [1.29, 1.82) is 0 Å². The predicted octanol–water partition coefficient (Wildman–Crippen LogP) is 3.28. The van der Waals surface area contributed by atoms with Crippen molar-refractivity contribution in [2.75, 3.05) is 6.54 Å². The van der Waals surface area contributed by atoms with Crippen molar-refractivity contribution in [1.82, 2.24) is 4.90 Å². The van der Waals surface area contributed by atoms with Crippen LogP contribution in [0.3, 0.4) is 0 Å². The fourth-order valence-corrected chi connectivity index (χ4v) is 3.53. The molecule has 1 aromatic rings. The Morgan fingerprint density at radius 2 is 2.20 bits per heavy atom. The van der Waals surface area contributed by atoms with Crippen LogP contribution in [0.2, 0.25) is 5.02 Å². The Kier molecular flexibility index (Phi) is 3.74. The van der Waals surface area contributed by atoms with Crippen LogP contribution in [0.25, 0.3) is 0 Å². The Labute approximate surface area is 125 Å². The molecule has 1 saturated heterocycles. The number of nitrogens with two attached hydrogens (primary N) is 1. The molecule has 20 heavy (non-hydrogen) atoms. The Bertz CT molecular complexity index is 513. The number of hydrogen-bond acceptors (Lipinski definition) is 2. The van der Waals surface area contributed by atoms with E-state index < -0.39 is 0 Å². The van der Waals surface area contributed by atoms with Crippen LogP contribution in [0.4, 0.5) is 0 Å². The molecule has 3 nitrogen and oxygen atoms in total. The Morgan fingerprint density at radius 3 is 2.85 bits per heavy atom. The lowest BCUT2D eigenvalue weighted by Gasteiger charge is -2.39. The van der Waals surface area contributed by atoms with Crippen LogP contribution in [0, 0.1) is 0 Å². The number of benzene rings is 1. The number of likely N-dealkylation sites (tertiary alicyclic amines) is 1. The number of hydrogen-bond donors (Lipinski definition) is 1. The van der Waals surface area contributed by atoms with Gasteiger partial charge in [0.05, 0.1) is 6.04 Å². The van der Waals surface area contributed by atoms with Gasteiger partial charge >= 0.3 is 0 Å². The summed E-state index contributed by atoms with van der Waals surface area (Å²) in [6.45, 7) is 0.839. The van der Waals surface area contributed by atoms with Crippen molar-refractivity contribution in [3.05, 3.63) is 34.9 Å². The number of carbonyl (C=O) groups excluding carboxylic acids is 1. The molecular formula is C16H21ClN2O. The highest BCUT2D eigenvalue weighted by atomic mass is 35.5. The molecule has 2 fully saturated rings. The molecule has 1 aliphatic carbocycles. The fraction of sp³-hybridized carbons (Fsp3) is 0.562. The SMILES string of the molecule is NC1(CC(=O)N2CCCC2c2cccc(Cl)c2)CCC1. The van der Waals surface area contributed by atoms with Gasteiger partial charge in [-0.3, -0.25) is 4.79 Å². The highest BCUT2D eigenvalue weighted by molar-refractivity contribution is 6.30. The molecule has 0 radical (unpaired) electrons. The molecule has 0 bridgehead atoms. The van der Waals surface area contributed by atoms with Gasteiger partial charge < -0.3 is 10.6 Å². The Hall–Kier alpha value is -1.06. The third-order valence-corrected chi connectivity index (χ3v) is 4.89. The average molecular weight is 293 g/mol. The molecule has 0 spiro atoms. The third kappa shape index (κ3) is 2.70. The summed E-state index contributed by atoms with van der Waals surface area (Å²) in [5.74, 6) is 0.203. The van der Waals surface area contributed by atoms with E-state index in [4.69, 9.17) is 17.3 Å². The largest absolute Gasteiger partial charge is 0.336 e. The summed E-state index contributed by atoms with van der Waals surface area (Å²) < 4.78 is 0. The van der Waals surface area contributed by atoms with E-state index in [9.17, 15) is 4.79 Å². The number of carbonyl (C=O) groups is 1. The molecule has 2 aliphatic rings. The summed E-state index contributed by atoms with van der Waals surface area (Å²) in [4.78, 5) is 14.5. The van der Waals surface area contributed by atoms with E-state index in [1.165, 1.54) is 0 Å². The van der Waals surface area contributed by atoms with E-state index in [1.807, 2.05) is 23.1 Å². The molecule has 1 unspecified atom stereocenters. The summed E-state index contributed by atoms with van der Waals surface area (Å²) in [7, 11) is 0. The normalized spacial score (nSPS) is 24.5. The van der Waals surface area contributed by atoms with Crippen LogP contribution in [-0.4, -0.2) is 22.9 Å². The highest BCUT2D eigenvalue weighted by Crippen LogP contribution is 2.37. The van der Waals surface area contributed by atoms with Gasteiger partial charge in [0.15, 0.2) is 0 Å². The minimum atomic E-state index is -0.238. The molecule has 0 aromatic heterocycles. The van der Waals surface area contributed by atoms with Crippen LogP contribution < -0.4 is 5.73 Å².